The Balaban J connectivity index is 1.50. The maximum atomic E-state index is 12.7. The maximum Gasteiger partial charge on any atom is 0.343 e. The third kappa shape index (κ3) is 4.39. The van der Waals surface area contributed by atoms with E-state index < -0.39 is 29.2 Å². The van der Waals surface area contributed by atoms with Crippen LogP contribution in [-0.4, -0.2) is 35.6 Å². The molecule has 1 aromatic heterocycles. The van der Waals surface area contributed by atoms with Crippen molar-refractivity contribution in [3.8, 4) is 5.75 Å². The molecule has 0 radical (unpaired) electrons. The lowest BCUT2D eigenvalue weighted by atomic mass is 10.2. The molecule has 0 bridgehead atoms. The first-order valence-corrected chi connectivity index (χ1v) is 10.5. The van der Waals surface area contributed by atoms with Gasteiger partial charge in [-0.05, 0) is 48.2 Å². The van der Waals surface area contributed by atoms with Crippen LogP contribution in [0.3, 0.4) is 0 Å². The van der Waals surface area contributed by atoms with Crippen molar-refractivity contribution >= 4 is 63.1 Å². The van der Waals surface area contributed by atoms with Gasteiger partial charge >= 0.3 is 5.63 Å². The highest BCUT2D eigenvalue weighted by Crippen LogP contribution is 2.32. The van der Waals surface area contributed by atoms with E-state index in [4.69, 9.17) is 20.8 Å². The van der Waals surface area contributed by atoms with Gasteiger partial charge in [-0.3, -0.25) is 19.3 Å². The second-order valence-electron chi connectivity index (χ2n) is 6.69. The number of hydrogen-bond donors (Lipinski definition) is 1. The van der Waals surface area contributed by atoms with Gasteiger partial charge in [-0.15, -0.1) is 0 Å². The third-order valence-electron chi connectivity index (χ3n) is 4.57. The van der Waals surface area contributed by atoms with E-state index in [0.29, 0.717) is 39.2 Å². The van der Waals surface area contributed by atoms with E-state index >= 15 is 0 Å². The van der Waals surface area contributed by atoms with Crippen molar-refractivity contribution in [1.82, 2.24) is 4.90 Å². The van der Waals surface area contributed by atoms with Gasteiger partial charge in [0.2, 0.25) is 5.91 Å². The lowest BCUT2D eigenvalue weighted by Crippen LogP contribution is -2.36. The van der Waals surface area contributed by atoms with Crippen molar-refractivity contribution < 1.29 is 23.5 Å². The molecule has 3 aromatic rings. The van der Waals surface area contributed by atoms with Gasteiger partial charge in [0.25, 0.3) is 11.1 Å². The van der Waals surface area contributed by atoms with Gasteiger partial charge in [0.1, 0.15) is 17.9 Å². The Morgan fingerprint density at radius 3 is 2.72 bits per heavy atom. The van der Waals surface area contributed by atoms with Gasteiger partial charge in [0, 0.05) is 11.1 Å². The van der Waals surface area contributed by atoms with Crippen molar-refractivity contribution in [2.45, 2.75) is 0 Å². The van der Waals surface area contributed by atoms with Crippen LogP contribution in [0.15, 0.2) is 62.6 Å². The summed E-state index contributed by atoms with van der Waals surface area (Å²) in [7, 11) is 1.47. The predicted octanol–water partition coefficient (Wildman–Crippen LogP) is 4.13. The molecule has 1 aliphatic rings. The Morgan fingerprint density at radius 1 is 1.19 bits per heavy atom. The fourth-order valence-electron chi connectivity index (χ4n) is 3.04. The second kappa shape index (κ2) is 8.89. The fourth-order valence-corrected chi connectivity index (χ4v) is 4.13. The zero-order valence-corrected chi connectivity index (χ0v) is 18.2. The Bertz CT molecular complexity index is 1350. The summed E-state index contributed by atoms with van der Waals surface area (Å²) in [5.41, 5.74) is 0.297. The standard InChI is InChI=1S/C22H15ClN2O6S/c1-30-17-7-6-14(10-15(17)23)24-19(26)11-25-20(27)18(32-22(25)29)9-13-8-12-4-2-3-5-16(12)31-21(13)28/h2-10H,11H2,1H3,(H,24,26)/b18-9+. The number of carbonyl (C=O) groups excluding carboxylic acids is 3. The molecule has 32 heavy (non-hydrogen) atoms. The normalized spacial score (nSPS) is 14.9. The molecule has 10 heteroatoms. The minimum Gasteiger partial charge on any atom is -0.495 e. The number of ether oxygens (including phenoxy) is 1. The molecule has 1 N–H and O–H groups in total. The van der Waals surface area contributed by atoms with Crippen LogP contribution in [0, 0.1) is 0 Å². The maximum absolute atomic E-state index is 12.7. The van der Waals surface area contributed by atoms with Gasteiger partial charge in [0.15, 0.2) is 0 Å². The summed E-state index contributed by atoms with van der Waals surface area (Å²) in [6.07, 6.45) is 1.30. The molecule has 2 heterocycles. The van der Waals surface area contributed by atoms with Gasteiger partial charge < -0.3 is 14.5 Å². The lowest BCUT2D eigenvalue weighted by Gasteiger charge is -2.13. The Hall–Kier alpha value is -3.56. The fraction of sp³-hybridized carbons (Fsp3) is 0.0909. The first-order valence-electron chi connectivity index (χ1n) is 9.27. The first kappa shape index (κ1) is 21.7. The molecular weight excluding hydrogens is 456 g/mol. The zero-order valence-electron chi connectivity index (χ0n) is 16.6. The van der Waals surface area contributed by atoms with Crippen LogP contribution < -0.4 is 15.7 Å². The Morgan fingerprint density at radius 2 is 1.97 bits per heavy atom. The smallest absolute Gasteiger partial charge is 0.343 e. The van der Waals surface area contributed by atoms with E-state index in [0.717, 1.165) is 4.90 Å². The average Bonchev–Trinajstić information content (AvgIpc) is 3.01. The largest absolute Gasteiger partial charge is 0.495 e. The number of nitrogens with one attached hydrogen (secondary N) is 1. The van der Waals surface area contributed by atoms with Crippen molar-refractivity contribution in [3.63, 3.8) is 0 Å². The number of anilines is 1. The van der Waals surface area contributed by atoms with Crippen LogP contribution >= 0.6 is 23.4 Å². The summed E-state index contributed by atoms with van der Waals surface area (Å²) < 4.78 is 10.3. The number of hydrogen-bond acceptors (Lipinski definition) is 7. The second-order valence-corrected chi connectivity index (χ2v) is 8.09. The number of carbonyl (C=O) groups is 3. The van der Waals surface area contributed by atoms with Crippen molar-refractivity contribution in [1.29, 1.82) is 0 Å². The van der Waals surface area contributed by atoms with Crippen LogP contribution in [0.5, 0.6) is 5.75 Å². The number of nitrogens with zero attached hydrogens (tertiary/aromatic N) is 1. The molecule has 1 fully saturated rings. The highest BCUT2D eigenvalue weighted by molar-refractivity contribution is 8.18. The number of rotatable bonds is 5. The topological polar surface area (TPSA) is 106 Å². The van der Waals surface area contributed by atoms with Crippen molar-refractivity contribution in [2.75, 3.05) is 19.0 Å². The summed E-state index contributed by atoms with van der Waals surface area (Å²) in [6.45, 7) is -0.488. The number of methoxy groups -OCH3 is 1. The minimum absolute atomic E-state index is 0.0258. The van der Waals surface area contributed by atoms with E-state index in [9.17, 15) is 19.2 Å². The molecule has 4 rings (SSSR count). The minimum atomic E-state index is -0.671. The predicted molar refractivity (Wildman–Crippen MR) is 122 cm³/mol. The molecule has 2 aromatic carbocycles. The number of halogens is 1. The van der Waals surface area contributed by atoms with E-state index in [2.05, 4.69) is 5.32 Å². The molecule has 3 amide bonds. The summed E-state index contributed by atoms with van der Waals surface area (Å²) in [6, 6.07) is 13.2. The van der Waals surface area contributed by atoms with E-state index in [1.165, 1.54) is 19.3 Å². The number of thioether (sulfide) groups is 1. The van der Waals surface area contributed by atoms with Gasteiger partial charge in [-0.25, -0.2) is 4.79 Å². The number of para-hydroxylation sites is 1. The Labute approximate surface area is 190 Å². The summed E-state index contributed by atoms with van der Waals surface area (Å²) in [5, 5.41) is 2.94. The molecule has 0 aliphatic carbocycles. The van der Waals surface area contributed by atoms with Gasteiger partial charge in [-0.2, -0.15) is 0 Å². The SMILES string of the molecule is COc1ccc(NC(=O)CN2C(=O)S/C(=C/c3cc4ccccc4oc3=O)C2=O)cc1Cl. The molecule has 1 aliphatic heterocycles. The van der Waals surface area contributed by atoms with Crippen LogP contribution in [0.2, 0.25) is 5.02 Å². The molecule has 0 unspecified atom stereocenters. The highest BCUT2D eigenvalue weighted by atomic mass is 35.5. The Kier molecular flexibility index (Phi) is 6.02. The molecule has 0 spiro atoms. The summed E-state index contributed by atoms with van der Waals surface area (Å²) >= 11 is 6.68. The van der Waals surface area contributed by atoms with Crippen LogP contribution in [0.25, 0.3) is 17.0 Å². The number of imide groups is 1. The molecule has 1 saturated heterocycles. The average molecular weight is 471 g/mol. The number of benzene rings is 2. The van der Waals surface area contributed by atoms with E-state index in [-0.39, 0.29) is 10.5 Å². The molecule has 0 atom stereocenters. The number of fused-ring (bicyclic) bond motifs is 1. The van der Waals surface area contributed by atoms with E-state index in [1.54, 1.807) is 42.5 Å². The van der Waals surface area contributed by atoms with Gasteiger partial charge in [-0.1, -0.05) is 29.8 Å². The molecule has 8 nitrogen and oxygen atoms in total. The zero-order chi connectivity index (χ0) is 22.8. The van der Waals surface area contributed by atoms with Crippen LogP contribution in [0.4, 0.5) is 10.5 Å². The quantitative estimate of drug-likeness (QED) is 0.441. The van der Waals surface area contributed by atoms with Gasteiger partial charge in [0.05, 0.1) is 22.6 Å². The summed E-state index contributed by atoms with van der Waals surface area (Å²) in [4.78, 5) is 50.4. The lowest BCUT2D eigenvalue weighted by molar-refractivity contribution is -0.127. The third-order valence-corrected chi connectivity index (χ3v) is 5.77. The molecule has 0 saturated carbocycles. The van der Waals surface area contributed by atoms with Crippen molar-refractivity contribution in [3.05, 3.63) is 74.4 Å². The van der Waals surface area contributed by atoms with Crippen molar-refractivity contribution in [2.24, 2.45) is 0 Å². The number of amides is 3. The highest BCUT2D eigenvalue weighted by Gasteiger charge is 2.36. The summed E-state index contributed by atoms with van der Waals surface area (Å²) in [5.74, 6) is -0.811. The van der Waals surface area contributed by atoms with Crippen LogP contribution in [0.1, 0.15) is 5.56 Å². The van der Waals surface area contributed by atoms with Crippen LogP contribution in [-0.2, 0) is 9.59 Å². The first-order chi connectivity index (χ1) is 15.4. The monoisotopic (exact) mass is 470 g/mol. The van der Waals surface area contributed by atoms with E-state index in [1.807, 2.05) is 0 Å². The molecule has 162 valence electrons. The molecular formula is C22H15ClN2O6S.